The summed E-state index contributed by atoms with van der Waals surface area (Å²) in [5.41, 5.74) is 3.36. The monoisotopic (exact) mass is 305 g/mol. The predicted molar refractivity (Wildman–Crippen MR) is 84.1 cm³/mol. The van der Waals surface area contributed by atoms with E-state index in [1.807, 2.05) is 25.2 Å². The van der Waals surface area contributed by atoms with Gasteiger partial charge in [-0.3, -0.25) is 15.1 Å². The molecule has 21 heavy (non-hydrogen) atoms. The van der Waals surface area contributed by atoms with Crippen LogP contribution in [0, 0.1) is 0 Å². The van der Waals surface area contributed by atoms with Gasteiger partial charge in [0, 0.05) is 18.0 Å². The van der Waals surface area contributed by atoms with Crippen molar-refractivity contribution in [2.45, 2.75) is 13.1 Å². The highest BCUT2D eigenvalue weighted by molar-refractivity contribution is 7.14. The van der Waals surface area contributed by atoms with Crippen molar-refractivity contribution in [2.24, 2.45) is 5.84 Å². The molecule has 0 bridgehead atoms. The van der Waals surface area contributed by atoms with E-state index >= 15 is 0 Å². The Kier molecular flexibility index (Phi) is 5.32. The molecule has 5 nitrogen and oxygen atoms in total. The fourth-order valence-electron chi connectivity index (χ4n) is 2.02. The maximum absolute atomic E-state index is 11.4. The topological polar surface area (TPSA) is 67.6 Å². The fourth-order valence-corrected chi connectivity index (χ4v) is 3.01. The highest BCUT2D eigenvalue weighted by Crippen LogP contribution is 2.19. The van der Waals surface area contributed by atoms with E-state index in [9.17, 15) is 4.79 Å². The van der Waals surface area contributed by atoms with Crippen LogP contribution in [0.1, 0.15) is 20.1 Å². The van der Waals surface area contributed by atoms with Crippen LogP contribution in [0.2, 0.25) is 0 Å². The number of hydrogen-bond donors (Lipinski definition) is 2. The standard InChI is InChI=1S/C15H19N3O2S/c1-18(9-11-3-5-12(20-2)6-4-11)10-13-7-8-14(21-13)15(19)17-16/h3-8H,9-10,16H2,1-2H3,(H,17,19). The van der Waals surface area contributed by atoms with E-state index in [2.05, 4.69) is 22.5 Å². The number of carbonyl (C=O) groups is 1. The van der Waals surface area contributed by atoms with Gasteiger partial charge in [-0.15, -0.1) is 11.3 Å². The fraction of sp³-hybridized carbons (Fsp3) is 0.267. The van der Waals surface area contributed by atoms with Gasteiger partial charge >= 0.3 is 0 Å². The highest BCUT2D eigenvalue weighted by Gasteiger charge is 2.09. The van der Waals surface area contributed by atoms with Gasteiger partial charge in [0.1, 0.15) is 5.75 Å². The molecule has 1 aromatic heterocycles. The van der Waals surface area contributed by atoms with Gasteiger partial charge in [0.2, 0.25) is 0 Å². The molecular formula is C15H19N3O2S. The molecule has 0 saturated heterocycles. The maximum atomic E-state index is 11.4. The minimum atomic E-state index is -0.246. The van der Waals surface area contributed by atoms with E-state index in [4.69, 9.17) is 10.6 Å². The second-order valence-electron chi connectivity index (χ2n) is 4.76. The van der Waals surface area contributed by atoms with Crippen molar-refractivity contribution in [2.75, 3.05) is 14.2 Å². The first-order valence-electron chi connectivity index (χ1n) is 6.53. The normalized spacial score (nSPS) is 10.7. The number of carbonyl (C=O) groups excluding carboxylic acids is 1. The van der Waals surface area contributed by atoms with E-state index < -0.39 is 0 Å². The van der Waals surface area contributed by atoms with Crippen LogP contribution in [0.4, 0.5) is 0 Å². The van der Waals surface area contributed by atoms with Crippen LogP contribution in [0.15, 0.2) is 36.4 Å². The van der Waals surface area contributed by atoms with Gasteiger partial charge in [-0.2, -0.15) is 0 Å². The average molecular weight is 305 g/mol. The number of ether oxygens (including phenoxy) is 1. The summed E-state index contributed by atoms with van der Waals surface area (Å²) in [5, 5.41) is 0. The van der Waals surface area contributed by atoms with E-state index in [1.165, 1.54) is 16.9 Å². The van der Waals surface area contributed by atoms with E-state index in [-0.39, 0.29) is 5.91 Å². The van der Waals surface area contributed by atoms with Crippen LogP contribution >= 0.6 is 11.3 Å². The summed E-state index contributed by atoms with van der Waals surface area (Å²) in [4.78, 5) is 15.4. The lowest BCUT2D eigenvalue weighted by atomic mass is 10.2. The lowest BCUT2D eigenvalue weighted by Crippen LogP contribution is -2.29. The summed E-state index contributed by atoms with van der Waals surface area (Å²) in [6.45, 7) is 1.62. The van der Waals surface area contributed by atoms with Crippen LogP contribution in [-0.4, -0.2) is 25.0 Å². The SMILES string of the molecule is COc1ccc(CN(C)Cc2ccc(C(=O)NN)s2)cc1. The number of methoxy groups -OCH3 is 1. The summed E-state index contributed by atoms with van der Waals surface area (Å²) in [7, 11) is 3.71. The molecule has 1 aromatic carbocycles. The zero-order valence-corrected chi connectivity index (χ0v) is 12.9. The molecule has 0 atom stereocenters. The van der Waals surface area contributed by atoms with Crippen LogP contribution < -0.4 is 16.0 Å². The Hall–Kier alpha value is -1.89. The minimum Gasteiger partial charge on any atom is -0.497 e. The Balaban J connectivity index is 1.92. The predicted octanol–water partition coefficient (Wildman–Crippen LogP) is 1.99. The van der Waals surface area contributed by atoms with Crippen molar-refractivity contribution in [1.82, 2.24) is 10.3 Å². The molecule has 0 aliphatic carbocycles. The van der Waals surface area contributed by atoms with Gasteiger partial charge in [0.25, 0.3) is 5.91 Å². The molecule has 0 spiro atoms. The molecule has 2 rings (SSSR count). The summed E-state index contributed by atoms with van der Waals surface area (Å²) in [6, 6.07) is 11.8. The molecule has 0 unspecified atom stereocenters. The highest BCUT2D eigenvalue weighted by atomic mass is 32.1. The number of thiophene rings is 1. The van der Waals surface area contributed by atoms with E-state index in [0.29, 0.717) is 4.88 Å². The van der Waals surface area contributed by atoms with Crippen LogP contribution in [-0.2, 0) is 13.1 Å². The van der Waals surface area contributed by atoms with Crippen molar-refractivity contribution in [3.05, 3.63) is 51.7 Å². The molecule has 1 heterocycles. The molecular weight excluding hydrogens is 286 g/mol. The van der Waals surface area contributed by atoms with Crippen molar-refractivity contribution < 1.29 is 9.53 Å². The number of hydrogen-bond acceptors (Lipinski definition) is 5. The van der Waals surface area contributed by atoms with E-state index in [1.54, 1.807) is 13.2 Å². The number of nitrogens with one attached hydrogen (secondary N) is 1. The molecule has 0 saturated carbocycles. The number of rotatable bonds is 6. The van der Waals surface area contributed by atoms with Crippen molar-refractivity contribution in [1.29, 1.82) is 0 Å². The third-order valence-electron chi connectivity index (χ3n) is 3.05. The van der Waals surface area contributed by atoms with Crippen LogP contribution in [0.3, 0.4) is 0 Å². The first-order chi connectivity index (χ1) is 10.1. The first kappa shape index (κ1) is 15.5. The molecule has 0 radical (unpaired) electrons. The third-order valence-corrected chi connectivity index (χ3v) is 4.12. The third kappa shape index (κ3) is 4.29. The molecule has 3 N–H and O–H groups in total. The Morgan fingerprint density at radius 1 is 1.24 bits per heavy atom. The van der Waals surface area contributed by atoms with Gasteiger partial charge < -0.3 is 4.74 Å². The lowest BCUT2D eigenvalue weighted by molar-refractivity contribution is 0.0957. The van der Waals surface area contributed by atoms with Crippen LogP contribution in [0.25, 0.3) is 0 Å². The van der Waals surface area contributed by atoms with Gasteiger partial charge in [-0.05, 0) is 36.9 Å². The average Bonchev–Trinajstić information content (AvgIpc) is 2.95. The summed E-state index contributed by atoms with van der Waals surface area (Å²) in [6.07, 6.45) is 0. The van der Waals surface area contributed by atoms with Crippen molar-refractivity contribution >= 4 is 17.2 Å². The van der Waals surface area contributed by atoms with Gasteiger partial charge in [0.05, 0.1) is 12.0 Å². The molecule has 0 fully saturated rings. The smallest absolute Gasteiger partial charge is 0.275 e. The Morgan fingerprint density at radius 3 is 2.57 bits per heavy atom. The Bertz CT molecular complexity index is 595. The van der Waals surface area contributed by atoms with Gasteiger partial charge in [-0.1, -0.05) is 12.1 Å². The quantitative estimate of drug-likeness (QED) is 0.486. The van der Waals surface area contributed by atoms with Crippen molar-refractivity contribution in [3.8, 4) is 5.75 Å². The zero-order valence-electron chi connectivity index (χ0n) is 12.1. The number of hydrazine groups is 1. The molecule has 0 aliphatic heterocycles. The van der Waals surface area contributed by atoms with E-state index in [0.717, 1.165) is 23.7 Å². The largest absolute Gasteiger partial charge is 0.497 e. The van der Waals surface area contributed by atoms with Crippen molar-refractivity contribution in [3.63, 3.8) is 0 Å². The number of benzene rings is 1. The first-order valence-corrected chi connectivity index (χ1v) is 7.35. The van der Waals surface area contributed by atoms with Gasteiger partial charge in [-0.25, -0.2) is 5.84 Å². The molecule has 1 amide bonds. The number of nitrogen functional groups attached to an aromatic ring is 1. The van der Waals surface area contributed by atoms with Gasteiger partial charge in [0.15, 0.2) is 0 Å². The summed E-state index contributed by atoms with van der Waals surface area (Å²) < 4.78 is 5.15. The number of nitrogens with zero attached hydrogens (tertiary/aromatic N) is 1. The number of nitrogens with two attached hydrogens (primary N) is 1. The Labute approximate surface area is 128 Å². The lowest BCUT2D eigenvalue weighted by Gasteiger charge is -2.15. The second-order valence-corrected chi connectivity index (χ2v) is 5.93. The van der Waals surface area contributed by atoms with Crippen LogP contribution in [0.5, 0.6) is 5.75 Å². The molecule has 2 aromatic rings. The zero-order chi connectivity index (χ0) is 15.2. The molecule has 0 aliphatic rings. The second kappa shape index (κ2) is 7.21. The summed E-state index contributed by atoms with van der Waals surface area (Å²) in [5.74, 6) is 5.74. The molecule has 112 valence electrons. The maximum Gasteiger partial charge on any atom is 0.275 e. The number of amides is 1. The molecule has 6 heteroatoms. The summed E-state index contributed by atoms with van der Waals surface area (Å²) >= 11 is 1.46. The minimum absolute atomic E-state index is 0.246. The Morgan fingerprint density at radius 2 is 1.95 bits per heavy atom.